The number of rotatable bonds is 8. The Morgan fingerprint density at radius 1 is 1.09 bits per heavy atom. The van der Waals surface area contributed by atoms with Crippen molar-refractivity contribution in [2.75, 3.05) is 19.7 Å². The lowest BCUT2D eigenvalue weighted by Crippen LogP contribution is -2.33. The quantitative estimate of drug-likeness (QED) is 0.510. The molecule has 35 heavy (non-hydrogen) atoms. The number of ether oxygens (including phenoxy) is 1. The second kappa shape index (κ2) is 11.0. The molecule has 1 saturated heterocycles. The number of nitrogens with two attached hydrogens (primary N) is 1. The van der Waals surface area contributed by atoms with Crippen molar-refractivity contribution in [2.45, 2.75) is 38.0 Å². The van der Waals surface area contributed by atoms with Crippen LogP contribution in [0.15, 0.2) is 54.7 Å². The lowest BCUT2D eigenvalue weighted by molar-refractivity contribution is -0.138. The molecular formula is C26H27F3N4O2. The summed E-state index contributed by atoms with van der Waals surface area (Å²) in [6.45, 7) is 2.23. The first-order valence-electron chi connectivity index (χ1n) is 11.5. The van der Waals surface area contributed by atoms with Crippen LogP contribution in [0.1, 0.15) is 45.4 Å². The van der Waals surface area contributed by atoms with E-state index in [0.717, 1.165) is 36.0 Å². The number of amides is 1. The molecule has 1 aliphatic rings. The molecule has 2 heterocycles. The minimum absolute atomic E-state index is 0.0100. The second-order valence-electron chi connectivity index (χ2n) is 8.54. The highest BCUT2D eigenvalue weighted by molar-refractivity contribution is 5.77. The van der Waals surface area contributed by atoms with Crippen LogP contribution >= 0.6 is 0 Å². The van der Waals surface area contributed by atoms with Crippen LogP contribution in [0, 0.1) is 0 Å². The number of nitrogens with one attached hydrogen (secondary N) is 1. The number of primary amides is 1. The third-order valence-corrected chi connectivity index (χ3v) is 5.98. The maximum absolute atomic E-state index is 13.6. The third-order valence-electron chi connectivity index (χ3n) is 5.98. The Morgan fingerprint density at radius 2 is 1.83 bits per heavy atom. The summed E-state index contributed by atoms with van der Waals surface area (Å²) >= 11 is 0. The van der Waals surface area contributed by atoms with Gasteiger partial charge in [-0.05, 0) is 35.1 Å². The average Bonchev–Trinajstić information content (AvgIpc) is 2.83. The minimum Gasteiger partial charge on any atom is -0.371 e. The van der Waals surface area contributed by atoms with Gasteiger partial charge in [0.2, 0.25) is 5.91 Å². The molecule has 1 aromatic heterocycles. The lowest BCUT2D eigenvalue weighted by atomic mass is 9.98. The van der Waals surface area contributed by atoms with E-state index in [9.17, 15) is 18.0 Å². The molecule has 184 valence electrons. The first kappa shape index (κ1) is 24.8. The van der Waals surface area contributed by atoms with Crippen molar-refractivity contribution in [3.8, 4) is 0 Å². The van der Waals surface area contributed by atoms with Crippen LogP contribution in [0.4, 0.5) is 13.2 Å². The molecule has 1 atom stereocenters. The number of hydrogen-bond acceptors (Lipinski definition) is 5. The molecule has 2 aromatic carbocycles. The lowest BCUT2D eigenvalue weighted by Gasteiger charge is -2.24. The van der Waals surface area contributed by atoms with Gasteiger partial charge < -0.3 is 15.8 Å². The second-order valence-corrected chi connectivity index (χ2v) is 8.54. The zero-order valence-corrected chi connectivity index (χ0v) is 19.1. The van der Waals surface area contributed by atoms with Gasteiger partial charge in [0.25, 0.3) is 0 Å². The Balaban J connectivity index is 1.52. The summed E-state index contributed by atoms with van der Waals surface area (Å²) < 4.78 is 46.7. The number of alkyl halides is 3. The molecule has 6 nitrogen and oxygen atoms in total. The maximum Gasteiger partial charge on any atom is 0.419 e. The molecule has 3 N–H and O–H groups in total. The summed E-state index contributed by atoms with van der Waals surface area (Å²) in [4.78, 5) is 19.6. The highest BCUT2D eigenvalue weighted by atomic mass is 19.4. The summed E-state index contributed by atoms with van der Waals surface area (Å²) in [6, 6.07) is 14.9. The van der Waals surface area contributed by atoms with Gasteiger partial charge in [-0.25, -0.2) is 9.97 Å². The van der Waals surface area contributed by atoms with E-state index in [1.54, 1.807) is 24.3 Å². The summed E-state index contributed by atoms with van der Waals surface area (Å²) in [7, 11) is 0. The number of halogens is 3. The van der Waals surface area contributed by atoms with Crippen LogP contribution in [0.3, 0.4) is 0 Å². The predicted octanol–water partition coefficient (Wildman–Crippen LogP) is 3.56. The van der Waals surface area contributed by atoms with E-state index in [0.29, 0.717) is 30.8 Å². The van der Waals surface area contributed by atoms with Gasteiger partial charge in [-0.2, -0.15) is 13.2 Å². The zero-order chi connectivity index (χ0) is 24.8. The van der Waals surface area contributed by atoms with Gasteiger partial charge >= 0.3 is 6.18 Å². The number of carbonyl (C=O) groups excluding carboxylic acids is 1. The Kier molecular flexibility index (Phi) is 7.77. The van der Waals surface area contributed by atoms with Gasteiger partial charge in [-0.1, -0.05) is 48.5 Å². The number of morpholine rings is 1. The Morgan fingerprint density at radius 3 is 2.49 bits per heavy atom. The van der Waals surface area contributed by atoms with Crippen molar-refractivity contribution in [3.63, 3.8) is 0 Å². The van der Waals surface area contributed by atoms with Gasteiger partial charge in [-0.15, -0.1) is 0 Å². The van der Waals surface area contributed by atoms with E-state index >= 15 is 0 Å². The van der Waals surface area contributed by atoms with Crippen molar-refractivity contribution < 1.29 is 22.7 Å². The summed E-state index contributed by atoms with van der Waals surface area (Å²) in [6.07, 6.45) is -3.00. The number of carbonyl (C=O) groups is 1. The predicted molar refractivity (Wildman–Crippen MR) is 125 cm³/mol. The summed E-state index contributed by atoms with van der Waals surface area (Å²) in [5.74, 6) is -0.170. The van der Waals surface area contributed by atoms with E-state index in [4.69, 9.17) is 10.5 Å². The van der Waals surface area contributed by atoms with Crippen LogP contribution in [0.25, 0.3) is 0 Å². The van der Waals surface area contributed by atoms with E-state index < -0.39 is 17.6 Å². The number of aryl methyl sites for hydroxylation is 2. The first-order valence-corrected chi connectivity index (χ1v) is 11.5. The van der Waals surface area contributed by atoms with Crippen molar-refractivity contribution >= 4 is 5.91 Å². The van der Waals surface area contributed by atoms with Gasteiger partial charge in [0.15, 0.2) is 0 Å². The summed E-state index contributed by atoms with van der Waals surface area (Å²) in [5.41, 5.74) is 7.83. The molecule has 1 unspecified atom stereocenters. The molecule has 1 amide bonds. The largest absolute Gasteiger partial charge is 0.419 e. The maximum atomic E-state index is 13.6. The van der Waals surface area contributed by atoms with Crippen LogP contribution in [0.2, 0.25) is 0 Å². The highest BCUT2D eigenvalue weighted by Gasteiger charge is 2.34. The molecule has 0 bridgehead atoms. The molecule has 1 aliphatic heterocycles. The SMILES string of the molecule is NC(=O)Cc1ccccc1CCc1nc(Cc2ccc(C3CNCCO3)cc2)ncc1C(F)(F)F. The third kappa shape index (κ3) is 6.64. The number of hydrogen-bond donors (Lipinski definition) is 2. The minimum atomic E-state index is -4.56. The van der Waals surface area contributed by atoms with E-state index in [-0.39, 0.29) is 24.6 Å². The van der Waals surface area contributed by atoms with Gasteiger partial charge in [0.1, 0.15) is 5.82 Å². The van der Waals surface area contributed by atoms with E-state index in [1.165, 1.54) is 0 Å². The smallest absolute Gasteiger partial charge is 0.371 e. The van der Waals surface area contributed by atoms with Crippen LogP contribution in [-0.2, 0) is 41.4 Å². The molecule has 1 fully saturated rings. The first-order chi connectivity index (χ1) is 16.8. The monoisotopic (exact) mass is 484 g/mol. The molecular weight excluding hydrogens is 457 g/mol. The fraction of sp³-hybridized carbons (Fsp3) is 0.346. The molecule has 0 aliphatic carbocycles. The van der Waals surface area contributed by atoms with Crippen LogP contribution < -0.4 is 11.1 Å². The van der Waals surface area contributed by atoms with Crippen LogP contribution in [-0.4, -0.2) is 35.6 Å². The normalized spacial score (nSPS) is 16.3. The van der Waals surface area contributed by atoms with E-state index in [2.05, 4.69) is 15.3 Å². The topological polar surface area (TPSA) is 90.1 Å². The van der Waals surface area contributed by atoms with Crippen LogP contribution in [0.5, 0.6) is 0 Å². The van der Waals surface area contributed by atoms with Crippen molar-refractivity contribution in [3.05, 3.63) is 94.1 Å². The molecule has 4 rings (SSSR count). The van der Waals surface area contributed by atoms with Gasteiger partial charge in [0, 0.05) is 25.7 Å². The molecule has 3 aromatic rings. The fourth-order valence-corrected chi connectivity index (χ4v) is 4.20. The van der Waals surface area contributed by atoms with E-state index in [1.807, 2.05) is 24.3 Å². The molecule has 0 saturated carbocycles. The van der Waals surface area contributed by atoms with Crippen molar-refractivity contribution in [1.29, 1.82) is 0 Å². The average molecular weight is 485 g/mol. The standard InChI is InChI=1S/C26H27F3N4O2/c27-26(28,29)21-15-32-25(13-17-5-7-19(8-6-17)23-16-31-11-12-35-23)33-22(21)10-9-18-3-1-2-4-20(18)14-24(30)34/h1-8,15,23,31H,9-14,16H2,(H2,30,34). The molecule has 0 radical (unpaired) electrons. The molecule has 9 heteroatoms. The highest BCUT2D eigenvalue weighted by Crippen LogP contribution is 2.32. The Hall–Kier alpha value is -3.30. The van der Waals surface area contributed by atoms with Gasteiger partial charge in [0.05, 0.1) is 30.4 Å². The zero-order valence-electron chi connectivity index (χ0n) is 19.1. The number of benzene rings is 2. The summed E-state index contributed by atoms with van der Waals surface area (Å²) in [5, 5.41) is 3.29. The Bertz CT molecular complexity index is 1160. The number of nitrogens with zero attached hydrogens (tertiary/aromatic N) is 2. The molecule has 0 spiro atoms. The van der Waals surface area contributed by atoms with Gasteiger partial charge in [-0.3, -0.25) is 4.79 Å². The fourth-order valence-electron chi connectivity index (χ4n) is 4.20. The van der Waals surface area contributed by atoms with Crippen molar-refractivity contribution in [1.82, 2.24) is 15.3 Å². The van der Waals surface area contributed by atoms with Crippen molar-refractivity contribution in [2.24, 2.45) is 5.73 Å². The number of aromatic nitrogens is 2. The Labute approximate surface area is 201 Å².